The lowest BCUT2D eigenvalue weighted by molar-refractivity contribution is 0.272. The maximum Gasteiger partial charge on any atom is 0.000676 e. The fourth-order valence-corrected chi connectivity index (χ4v) is 3.05. The zero-order valence-corrected chi connectivity index (χ0v) is 11.4. The normalized spacial score (nSPS) is 24.8. The maximum absolute atomic E-state index is 2.40. The number of hydrogen-bond donors (Lipinski definition) is 0. The number of hydrogen-bond acceptors (Lipinski definition) is 1. The van der Waals surface area contributed by atoms with Gasteiger partial charge in [0.15, 0.2) is 0 Å². The molecule has 0 N–H and O–H groups in total. The molecule has 0 spiro atoms. The Bertz CT molecular complexity index is 406. The standard InChI is InChI=1S/C16H23N/c1-12(11-17(3)4)15-10-9-14-7-5-6-8-16(14)13(15)2/h5-10,12-13,15H,11H2,1-4H3. The minimum atomic E-state index is 0.631. The average Bonchev–Trinajstić information content (AvgIpc) is 2.28. The van der Waals surface area contributed by atoms with Crippen molar-refractivity contribution in [3.05, 3.63) is 41.5 Å². The average molecular weight is 229 g/mol. The van der Waals surface area contributed by atoms with Crippen LogP contribution >= 0.6 is 0 Å². The summed E-state index contributed by atoms with van der Waals surface area (Å²) in [5, 5.41) is 0. The molecule has 92 valence electrons. The van der Waals surface area contributed by atoms with E-state index in [4.69, 9.17) is 0 Å². The highest BCUT2D eigenvalue weighted by Gasteiger charge is 2.26. The lowest BCUT2D eigenvalue weighted by Crippen LogP contribution is -2.28. The van der Waals surface area contributed by atoms with Gasteiger partial charge in [-0.25, -0.2) is 0 Å². The predicted octanol–water partition coefficient (Wildman–Crippen LogP) is 3.63. The van der Waals surface area contributed by atoms with Crippen molar-refractivity contribution in [2.45, 2.75) is 19.8 Å². The van der Waals surface area contributed by atoms with Gasteiger partial charge in [-0.3, -0.25) is 0 Å². The van der Waals surface area contributed by atoms with Gasteiger partial charge in [0.2, 0.25) is 0 Å². The number of fused-ring (bicyclic) bond motifs is 1. The van der Waals surface area contributed by atoms with E-state index >= 15 is 0 Å². The van der Waals surface area contributed by atoms with Gasteiger partial charge in [0.25, 0.3) is 0 Å². The molecule has 1 aliphatic carbocycles. The molecule has 3 unspecified atom stereocenters. The second kappa shape index (κ2) is 5.05. The smallest absolute Gasteiger partial charge is 0.000676 e. The van der Waals surface area contributed by atoms with E-state index in [0.29, 0.717) is 17.8 Å². The van der Waals surface area contributed by atoms with Crippen LogP contribution in [0.5, 0.6) is 0 Å². The third-order valence-electron chi connectivity index (χ3n) is 3.87. The summed E-state index contributed by atoms with van der Waals surface area (Å²) in [6.07, 6.45) is 4.70. The molecule has 0 aromatic heterocycles. The summed E-state index contributed by atoms with van der Waals surface area (Å²) in [6, 6.07) is 8.77. The molecule has 1 aromatic rings. The van der Waals surface area contributed by atoms with Crippen LogP contribution < -0.4 is 0 Å². The van der Waals surface area contributed by atoms with E-state index in [1.54, 1.807) is 0 Å². The molecule has 1 aromatic carbocycles. The molecule has 3 atom stereocenters. The molecule has 0 heterocycles. The van der Waals surface area contributed by atoms with Crippen LogP contribution in [0.4, 0.5) is 0 Å². The van der Waals surface area contributed by atoms with Crippen molar-refractivity contribution in [1.82, 2.24) is 4.90 Å². The lowest BCUT2D eigenvalue weighted by Gasteiger charge is -2.32. The Labute approximate surface area is 105 Å². The number of benzene rings is 1. The van der Waals surface area contributed by atoms with Gasteiger partial charge in [-0.05, 0) is 43.0 Å². The zero-order chi connectivity index (χ0) is 12.4. The molecule has 0 amide bonds. The number of rotatable bonds is 3. The third kappa shape index (κ3) is 2.61. The Balaban J connectivity index is 2.20. The molecule has 1 aliphatic rings. The highest BCUT2D eigenvalue weighted by molar-refractivity contribution is 5.58. The Morgan fingerprint density at radius 1 is 1.24 bits per heavy atom. The second-order valence-electron chi connectivity index (χ2n) is 5.59. The third-order valence-corrected chi connectivity index (χ3v) is 3.87. The molecule has 1 heteroatoms. The van der Waals surface area contributed by atoms with Gasteiger partial charge in [0.1, 0.15) is 0 Å². The van der Waals surface area contributed by atoms with Gasteiger partial charge in [-0.15, -0.1) is 0 Å². The first kappa shape index (κ1) is 12.4. The van der Waals surface area contributed by atoms with E-state index in [1.165, 1.54) is 11.1 Å². The Morgan fingerprint density at radius 3 is 2.65 bits per heavy atom. The Morgan fingerprint density at radius 2 is 1.94 bits per heavy atom. The van der Waals surface area contributed by atoms with Crippen LogP contribution in [0.15, 0.2) is 30.3 Å². The number of nitrogens with zero attached hydrogens (tertiary/aromatic N) is 1. The topological polar surface area (TPSA) is 3.24 Å². The Hall–Kier alpha value is -1.08. The molecular formula is C16H23N. The minimum absolute atomic E-state index is 0.631. The zero-order valence-electron chi connectivity index (χ0n) is 11.4. The molecule has 0 radical (unpaired) electrons. The van der Waals surface area contributed by atoms with Crippen LogP contribution in [-0.2, 0) is 0 Å². The van der Waals surface area contributed by atoms with Crippen LogP contribution in [0, 0.1) is 11.8 Å². The van der Waals surface area contributed by atoms with Crippen molar-refractivity contribution in [2.75, 3.05) is 20.6 Å². The fourth-order valence-electron chi connectivity index (χ4n) is 3.05. The van der Waals surface area contributed by atoms with E-state index in [2.05, 4.69) is 69.3 Å². The van der Waals surface area contributed by atoms with Gasteiger partial charge in [0, 0.05) is 6.54 Å². The summed E-state index contributed by atoms with van der Waals surface area (Å²) in [5.74, 6) is 1.99. The van der Waals surface area contributed by atoms with E-state index in [1.807, 2.05) is 0 Å². The molecule has 0 aliphatic heterocycles. The predicted molar refractivity (Wildman–Crippen MR) is 75.1 cm³/mol. The van der Waals surface area contributed by atoms with Crippen molar-refractivity contribution < 1.29 is 0 Å². The van der Waals surface area contributed by atoms with Crippen LogP contribution in [0.2, 0.25) is 0 Å². The van der Waals surface area contributed by atoms with E-state index < -0.39 is 0 Å². The van der Waals surface area contributed by atoms with Crippen LogP contribution in [0.25, 0.3) is 6.08 Å². The van der Waals surface area contributed by atoms with Crippen LogP contribution in [-0.4, -0.2) is 25.5 Å². The first-order valence-electron chi connectivity index (χ1n) is 6.51. The van der Waals surface area contributed by atoms with E-state index in [-0.39, 0.29) is 0 Å². The first-order valence-corrected chi connectivity index (χ1v) is 6.51. The van der Waals surface area contributed by atoms with Crippen molar-refractivity contribution in [2.24, 2.45) is 11.8 Å². The van der Waals surface area contributed by atoms with Crippen molar-refractivity contribution in [1.29, 1.82) is 0 Å². The molecular weight excluding hydrogens is 206 g/mol. The van der Waals surface area contributed by atoms with Gasteiger partial charge >= 0.3 is 0 Å². The fraction of sp³-hybridized carbons (Fsp3) is 0.500. The summed E-state index contributed by atoms with van der Waals surface area (Å²) >= 11 is 0. The summed E-state index contributed by atoms with van der Waals surface area (Å²) in [6.45, 7) is 5.88. The molecule has 17 heavy (non-hydrogen) atoms. The largest absolute Gasteiger partial charge is 0.309 e. The second-order valence-corrected chi connectivity index (χ2v) is 5.59. The number of allylic oxidation sites excluding steroid dienone is 1. The monoisotopic (exact) mass is 229 g/mol. The molecule has 2 rings (SSSR count). The first-order chi connectivity index (χ1) is 8.09. The lowest BCUT2D eigenvalue weighted by atomic mass is 9.74. The van der Waals surface area contributed by atoms with Gasteiger partial charge < -0.3 is 4.90 Å². The van der Waals surface area contributed by atoms with E-state index in [0.717, 1.165) is 6.54 Å². The van der Waals surface area contributed by atoms with E-state index in [9.17, 15) is 0 Å². The van der Waals surface area contributed by atoms with Crippen molar-refractivity contribution in [3.63, 3.8) is 0 Å². The minimum Gasteiger partial charge on any atom is -0.309 e. The molecule has 1 nitrogen and oxygen atoms in total. The SMILES string of the molecule is CC(CN(C)C)C1C=Cc2ccccc2C1C. The summed E-state index contributed by atoms with van der Waals surface area (Å²) in [5.41, 5.74) is 2.90. The highest BCUT2D eigenvalue weighted by Crippen LogP contribution is 2.37. The molecule has 0 bridgehead atoms. The quantitative estimate of drug-likeness (QED) is 0.765. The summed E-state index contributed by atoms with van der Waals surface area (Å²) in [4.78, 5) is 2.28. The maximum atomic E-state index is 2.40. The summed E-state index contributed by atoms with van der Waals surface area (Å²) < 4.78 is 0. The van der Waals surface area contributed by atoms with Gasteiger partial charge in [-0.2, -0.15) is 0 Å². The summed E-state index contributed by atoms with van der Waals surface area (Å²) in [7, 11) is 4.31. The Kier molecular flexibility index (Phi) is 3.68. The van der Waals surface area contributed by atoms with Crippen molar-refractivity contribution >= 4 is 6.08 Å². The van der Waals surface area contributed by atoms with Crippen molar-refractivity contribution in [3.8, 4) is 0 Å². The highest BCUT2D eigenvalue weighted by atomic mass is 15.1. The van der Waals surface area contributed by atoms with Crippen LogP contribution in [0.3, 0.4) is 0 Å². The molecule has 0 fully saturated rings. The molecule has 0 saturated carbocycles. The molecule has 0 saturated heterocycles. The van der Waals surface area contributed by atoms with Gasteiger partial charge in [-0.1, -0.05) is 50.3 Å². The van der Waals surface area contributed by atoms with Gasteiger partial charge in [0.05, 0.1) is 0 Å². The van der Waals surface area contributed by atoms with Crippen LogP contribution in [0.1, 0.15) is 30.9 Å².